The van der Waals surface area contributed by atoms with Gasteiger partial charge in [0.15, 0.2) is 0 Å². The maximum Gasteiger partial charge on any atom is 0.326 e. The van der Waals surface area contributed by atoms with Crippen LogP contribution in [0.5, 0.6) is 0 Å². The maximum absolute atomic E-state index is 13.8. The Morgan fingerprint density at radius 3 is 2.03 bits per heavy atom. The van der Waals surface area contributed by atoms with Crippen molar-refractivity contribution in [3.8, 4) is 11.1 Å². The minimum Gasteiger partial charge on any atom is -0.480 e. The third kappa shape index (κ3) is 6.53. The lowest BCUT2D eigenvalue weighted by Gasteiger charge is -2.42. The summed E-state index contributed by atoms with van der Waals surface area (Å²) < 4.78 is 27.3. The fourth-order valence-corrected chi connectivity index (χ4v) is 4.33. The first-order chi connectivity index (χ1) is 17.0. The number of aliphatic carboxylic acids is 1. The average Bonchev–Trinajstić information content (AvgIpc) is 2.80. The molecule has 3 aromatic carbocycles. The molecule has 0 saturated heterocycles. The summed E-state index contributed by atoms with van der Waals surface area (Å²) >= 11 is 0. The summed E-state index contributed by atoms with van der Waals surface area (Å²) in [7, 11) is 0. The summed E-state index contributed by atoms with van der Waals surface area (Å²) in [6.07, 6.45) is 0.0160. The van der Waals surface area contributed by atoms with Crippen LogP contribution < -0.4 is 5.73 Å². The van der Waals surface area contributed by atoms with Gasteiger partial charge in [-0.25, -0.2) is 13.6 Å². The molecule has 0 aliphatic rings. The van der Waals surface area contributed by atoms with Crippen molar-refractivity contribution in [2.24, 2.45) is 5.73 Å². The fraction of sp³-hybridized carbons (Fsp3) is 0.250. The number of amides is 2. The number of carbonyl (C=O) groups is 3. The topological polar surface area (TPSA) is 101 Å². The molecule has 3 N–H and O–H groups in total. The number of rotatable bonds is 10. The zero-order chi connectivity index (χ0) is 26.5. The summed E-state index contributed by atoms with van der Waals surface area (Å²) in [6.45, 7) is 3.53. The van der Waals surface area contributed by atoms with Gasteiger partial charge in [-0.1, -0.05) is 42.5 Å². The Labute approximate surface area is 208 Å². The Bertz CT molecular complexity index is 1220. The van der Waals surface area contributed by atoms with Crippen LogP contribution >= 0.6 is 0 Å². The molecule has 0 spiro atoms. The minimum absolute atomic E-state index is 0.144. The highest BCUT2D eigenvalue weighted by Crippen LogP contribution is 2.29. The van der Waals surface area contributed by atoms with Gasteiger partial charge in [-0.2, -0.15) is 0 Å². The summed E-state index contributed by atoms with van der Waals surface area (Å²) in [6, 6.07) is 17.2. The highest BCUT2D eigenvalue weighted by Gasteiger charge is 2.40. The van der Waals surface area contributed by atoms with Crippen molar-refractivity contribution in [3.63, 3.8) is 0 Å². The van der Waals surface area contributed by atoms with Crippen LogP contribution in [0, 0.1) is 11.6 Å². The van der Waals surface area contributed by atoms with E-state index in [2.05, 4.69) is 0 Å². The Hall–Kier alpha value is -4.07. The minimum atomic E-state index is -1.30. The van der Waals surface area contributed by atoms with Gasteiger partial charge in [0.25, 0.3) is 5.91 Å². The van der Waals surface area contributed by atoms with Crippen LogP contribution in [0.1, 0.15) is 42.6 Å². The Morgan fingerprint density at radius 2 is 1.50 bits per heavy atom. The number of primary amides is 1. The van der Waals surface area contributed by atoms with Crippen molar-refractivity contribution < 1.29 is 28.3 Å². The zero-order valence-corrected chi connectivity index (χ0v) is 20.1. The monoisotopic (exact) mass is 494 g/mol. The van der Waals surface area contributed by atoms with Crippen molar-refractivity contribution in [1.29, 1.82) is 0 Å². The number of carbonyl (C=O) groups excluding carboxylic acids is 2. The highest BCUT2D eigenvalue weighted by molar-refractivity contribution is 5.97. The second-order valence-electron chi connectivity index (χ2n) is 9.24. The molecular weight excluding hydrogens is 466 g/mol. The Balaban J connectivity index is 2.00. The van der Waals surface area contributed by atoms with Crippen LogP contribution in [0.3, 0.4) is 0 Å². The van der Waals surface area contributed by atoms with Crippen molar-refractivity contribution in [1.82, 2.24) is 4.90 Å². The van der Waals surface area contributed by atoms with Crippen molar-refractivity contribution >= 4 is 17.8 Å². The van der Waals surface area contributed by atoms with Crippen LogP contribution in [0.25, 0.3) is 11.1 Å². The molecule has 0 unspecified atom stereocenters. The smallest absolute Gasteiger partial charge is 0.326 e. The first-order valence-corrected chi connectivity index (χ1v) is 11.4. The summed E-state index contributed by atoms with van der Waals surface area (Å²) in [4.78, 5) is 38.7. The largest absolute Gasteiger partial charge is 0.480 e. The zero-order valence-electron chi connectivity index (χ0n) is 20.1. The molecule has 0 bridgehead atoms. The SMILES string of the molecule is CC(C)(Cc1ccccc1)N(C(=O)c1ccc(-c2cc(F)cc(F)c2)cc1)[C@@H](CCC(N)=O)C(=O)O. The molecular formula is C28H28F2N2O4. The fourth-order valence-electron chi connectivity index (χ4n) is 4.33. The van der Waals surface area contributed by atoms with Crippen LogP contribution in [-0.4, -0.2) is 39.4 Å². The predicted octanol–water partition coefficient (Wildman–Crippen LogP) is 4.81. The van der Waals surface area contributed by atoms with Crippen LogP contribution in [0.15, 0.2) is 72.8 Å². The molecule has 0 saturated carbocycles. The molecule has 0 aromatic heterocycles. The average molecular weight is 495 g/mol. The third-order valence-corrected chi connectivity index (χ3v) is 5.94. The van der Waals surface area contributed by atoms with E-state index in [1.165, 1.54) is 29.2 Å². The van der Waals surface area contributed by atoms with E-state index in [9.17, 15) is 28.3 Å². The van der Waals surface area contributed by atoms with E-state index in [4.69, 9.17) is 5.73 Å². The molecule has 3 aromatic rings. The summed E-state index contributed by atoms with van der Waals surface area (Å²) in [5.74, 6) is -3.92. The lowest BCUT2D eigenvalue weighted by Crippen LogP contribution is -2.57. The van der Waals surface area contributed by atoms with E-state index in [1.807, 2.05) is 30.3 Å². The molecule has 188 valence electrons. The molecule has 8 heteroatoms. The highest BCUT2D eigenvalue weighted by atomic mass is 19.1. The van der Waals surface area contributed by atoms with E-state index in [-0.39, 0.29) is 18.4 Å². The van der Waals surface area contributed by atoms with Crippen molar-refractivity contribution in [2.75, 3.05) is 0 Å². The number of hydrogen-bond acceptors (Lipinski definition) is 3. The predicted molar refractivity (Wildman–Crippen MR) is 132 cm³/mol. The molecule has 0 heterocycles. The van der Waals surface area contributed by atoms with E-state index in [1.54, 1.807) is 26.0 Å². The van der Waals surface area contributed by atoms with Gasteiger partial charge in [0.2, 0.25) is 5.91 Å². The van der Waals surface area contributed by atoms with E-state index in [0.29, 0.717) is 17.5 Å². The number of hydrogen-bond donors (Lipinski definition) is 2. The van der Waals surface area contributed by atoms with E-state index >= 15 is 0 Å². The normalized spacial score (nSPS) is 12.1. The summed E-state index contributed by atoms with van der Waals surface area (Å²) in [5.41, 5.74) is 6.21. The number of carboxylic acid groups (broad SMARTS) is 1. The van der Waals surface area contributed by atoms with Gasteiger partial charge in [-0.05, 0) is 67.6 Å². The Kier molecular flexibility index (Phi) is 8.19. The number of carboxylic acids is 1. The molecule has 36 heavy (non-hydrogen) atoms. The van der Waals surface area contributed by atoms with Gasteiger partial charge in [-0.3, -0.25) is 9.59 Å². The first-order valence-electron chi connectivity index (χ1n) is 11.4. The summed E-state index contributed by atoms with van der Waals surface area (Å²) in [5, 5.41) is 10.0. The van der Waals surface area contributed by atoms with Crippen molar-refractivity contribution in [2.45, 2.75) is 44.7 Å². The number of nitrogens with two attached hydrogens (primary N) is 1. The second-order valence-corrected chi connectivity index (χ2v) is 9.24. The van der Waals surface area contributed by atoms with Gasteiger partial charge in [0.1, 0.15) is 17.7 Å². The molecule has 6 nitrogen and oxygen atoms in total. The molecule has 2 amide bonds. The van der Waals surface area contributed by atoms with E-state index in [0.717, 1.165) is 11.6 Å². The Morgan fingerprint density at radius 1 is 0.917 bits per heavy atom. The van der Waals surface area contributed by atoms with Crippen molar-refractivity contribution in [3.05, 3.63) is 95.6 Å². The van der Waals surface area contributed by atoms with Gasteiger partial charge >= 0.3 is 5.97 Å². The van der Waals surface area contributed by atoms with Gasteiger partial charge in [0, 0.05) is 23.6 Å². The molecule has 0 aliphatic heterocycles. The first kappa shape index (κ1) is 26.5. The standard InChI is InChI=1S/C28H28F2N2O4/c1-28(2,17-18-6-4-3-5-7-18)32(24(27(35)36)12-13-25(31)33)26(34)20-10-8-19(9-11-20)21-14-22(29)16-23(30)15-21/h3-11,14-16,24H,12-13,17H2,1-2H3,(H2,31,33)(H,35,36)/t24-/m0/s1. The van der Waals surface area contributed by atoms with Crippen LogP contribution in [0.2, 0.25) is 0 Å². The lowest BCUT2D eigenvalue weighted by molar-refractivity contribution is -0.144. The molecule has 0 aliphatic carbocycles. The number of benzene rings is 3. The lowest BCUT2D eigenvalue weighted by atomic mass is 9.89. The molecule has 0 fully saturated rings. The van der Waals surface area contributed by atoms with Crippen LogP contribution in [0.4, 0.5) is 8.78 Å². The maximum atomic E-state index is 13.8. The van der Waals surface area contributed by atoms with Gasteiger partial charge in [0.05, 0.1) is 0 Å². The third-order valence-electron chi connectivity index (χ3n) is 5.94. The van der Waals surface area contributed by atoms with E-state index < -0.39 is 41.0 Å². The van der Waals surface area contributed by atoms with Crippen LogP contribution in [-0.2, 0) is 16.0 Å². The molecule has 3 rings (SSSR count). The second kappa shape index (κ2) is 11.1. The van der Waals surface area contributed by atoms with Gasteiger partial charge < -0.3 is 15.7 Å². The quantitative estimate of drug-likeness (QED) is 0.422. The molecule has 1 atom stereocenters. The molecule has 0 radical (unpaired) electrons. The van der Waals surface area contributed by atoms with Gasteiger partial charge in [-0.15, -0.1) is 0 Å². The number of nitrogens with zero attached hydrogens (tertiary/aromatic N) is 1. The number of halogens is 2.